The van der Waals surface area contributed by atoms with Gasteiger partial charge in [0.15, 0.2) is 0 Å². The summed E-state index contributed by atoms with van der Waals surface area (Å²) in [6.07, 6.45) is 1.63. The Hall–Kier alpha value is -2.67. The van der Waals surface area contributed by atoms with Gasteiger partial charge in [-0.25, -0.2) is 9.89 Å². The number of hydrogen-bond donors (Lipinski definition) is 1. The van der Waals surface area contributed by atoms with Crippen LogP contribution in [-0.4, -0.2) is 38.7 Å². The lowest BCUT2D eigenvalue weighted by Gasteiger charge is -2.31. The van der Waals surface area contributed by atoms with Gasteiger partial charge in [0.2, 0.25) is 0 Å². The average molecular weight is 382 g/mol. The summed E-state index contributed by atoms with van der Waals surface area (Å²) < 4.78 is 1.73. The van der Waals surface area contributed by atoms with Gasteiger partial charge in [0, 0.05) is 19.0 Å². The number of aromatic nitrogens is 3. The van der Waals surface area contributed by atoms with E-state index in [1.54, 1.807) is 4.57 Å². The van der Waals surface area contributed by atoms with Crippen LogP contribution in [0.1, 0.15) is 45.4 Å². The maximum atomic E-state index is 12.5. The largest absolute Gasteiger partial charge is 0.343 e. The van der Waals surface area contributed by atoms with E-state index in [9.17, 15) is 9.59 Å². The molecule has 6 nitrogen and oxygen atoms in total. The normalized spacial score (nSPS) is 15.2. The van der Waals surface area contributed by atoms with Gasteiger partial charge in [-0.3, -0.25) is 9.36 Å². The summed E-state index contributed by atoms with van der Waals surface area (Å²) in [5.74, 6) is 1.08. The number of amides is 1. The SMILES string of the molecule is Cc1ccc(Cn2c(C3CCN(C(=O)c4cccs4)CC3)n[nH]c2=O)cc1. The van der Waals surface area contributed by atoms with Gasteiger partial charge >= 0.3 is 5.69 Å². The first-order valence-electron chi connectivity index (χ1n) is 9.15. The number of nitrogens with zero attached hydrogens (tertiary/aromatic N) is 3. The molecule has 0 atom stereocenters. The molecule has 140 valence electrons. The summed E-state index contributed by atoms with van der Waals surface area (Å²) in [4.78, 5) is 27.4. The van der Waals surface area contributed by atoms with Gasteiger partial charge in [-0.05, 0) is 36.8 Å². The highest BCUT2D eigenvalue weighted by Crippen LogP contribution is 2.27. The summed E-state index contributed by atoms with van der Waals surface area (Å²) in [5.41, 5.74) is 2.10. The summed E-state index contributed by atoms with van der Waals surface area (Å²) in [6, 6.07) is 12.0. The zero-order valence-electron chi connectivity index (χ0n) is 15.2. The zero-order chi connectivity index (χ0) is 18.8. The molecule has 1 saturated heterocycles. The van der Waals surface area contributed by atoms with Crippen molar-refractivity contribution in [2.45, 2.75) is 32.2 Å². The van der Waals surface area contributed by atoms with Crippen molar-refractivity contribution in [3.05, 3.63) is 74.1 Å². The monoisotopic (exact) mass is 382 g/mol. The standard InChI is InChI=1S/C20H22N4O2S/c1-14-4-6-15(7-5-14)13-24-18(21-22-20(24)26)16-8-10-23(11-9-16)19(25)17-3-2-12-27-17/h2-7,12,16H,8-11,13H2,1H3,(H,22,26). The topological polar surface area (TPSA) is 71.0 Å². The van der Waals surface area contributed by atoms with Crippen LogP contribution in [0.5, 0.6) is 0 Å². The molecule has 1 amide bonds. The molecular formula is C20H22N4O2S. The van der Waals surface area contributed by atoms with Crippen molar-refractivity contribution in [2.75, 3.05) is 13.1 Å². The average Bonchev–Trinajstić information content (AvgIpc) is 3.34. The molecule has 1 aliphatic heterocycles. The first-order chi connectivity index (χ1) is 13.1. The Kier molecular flexibility index (Phi) is 4.94. The molecule has 1 fully saturated rings. The Morgan fingerprint density at radius 1 is 1.22 bits per heavy atom. The minimum atomic E-state index is -0.178. The summed E-state index contributed by atoms with van der Waals surface area (Å²) >= 11 is 1.48. The fourth-order valence-electron chi connectivity index (χ4n) is 3.57. The third kappa shape index (κ3) is 3.73. The highest BCUT2D eigenvalue weighted by Gasteiger charge is 2.28. The minimum Gasteiger partial charge on any atom is -0.338 e. The van der Waals surface area contributed by atoms with Crippen LogP contribution in [0.4, 0.5) is 0 Å². The summed E-state index contributed by atoms with van der Waals surface area (Å²) in [6.45, 7) is 3.93. The molecule has 0 aliphatic carbocycles. The van der Waals surface area contributed by atoms with Crippen LogP contribution in [0, 0.1) is 6.92 Å². The van der Waals surface area contributed by atoms with Gasteiger partial charge in [-0.1, -0.05) is 35.9 Å². The number of rotatable bonds is 4. The van der Waals surface area contributed by atoms with Crippen molar-refractivity contribution in [3.8, 4) is 0 Å². The molecule has 3 aromatic rings. The molecule has 3 heterocycles. The molecule has 0 unspecified atom stereocenters. The number of carbonyl (C=O) groups is 1. The molecule has 0 radical (unpaired) electrons. The second kappa shape index (κ2) is 7.52. The minimum absolute atomic E-state index is 0.0996. The lowest BCUT2D eigenvalue weighted by atomic mass is 9.95. The van der Waals surface area contributed by atoms with Crippen LogP contribution in [-0.2, 0) is 6.54 Å². The van der Waals surface area contributed by atoms with Crippen molar-refractivity contribution in [1.29, 1.82) is 0 Å². The molecule has 0 bridgehead atoms. The summed E-state index contributed by atoms with van der Waals surface area (Å²) in [5, 5.41) is 8.82. The Labute approximate surface area is 161 Å². The molecule has 0 saturated carbocycles. The Balaban J connectivity index is 1.46. The molecule has 0 spiro atoms. The lowest BCUT2D eigenvalue weighted by molar-refractivity contribution is 0.0715. The van der Waals surface area contributed by atoms with Gasteiger partial charge < -0.3 is 4.90 Å². The van der Waals surface area contributed by atoms with E-state index in [0.29, 0.717) is 19.6 Å². The van der Waals surface area contributed by atoms with E-state index >= 15 is 0 Å². The first kappa shape index (κ1) is 17.7. The Morgan fingerprint density at radius 2 is 1.96 bits per heavy atom. The van der Waals surface area contributed by atoms with Crippen molar-refractivity contribution >= 4 is 17.2 Å². The molecule has 4 rings (SSSR count). The second-order valence-electron chi connectivity index (χ2n) is 7.00. The Morgan fingerprint density at radius 3 is 2.63 bits per heavy atom. The quantitative estimate of drug-likeness (QED) is 0.754. The molecule has 1 aromatic carbocycles. The van der Waals surface area contributed by atoms with Gasteiger partial charge in [-0.15, -0.1) is 11.3 Å². The number of carbonyl (C=O) groups excluding carboxylic acids is 1. The molecule has 2 aromatic heterocycles. The van der Waals surface area contributed by atoms with Gasteiger partial charge in [-0.2, -0.15) is 5.10 Å². The number of aromatic amines is 1. The number of thiophene rings is 1. The number of likely N-dealkylation sites (tertiary alicyclic amines) is 1. The molecular weight excluding hydrogens is 360 g/mol. The van der Waals surface area contributed by atoms with E-state index < -0.39 is 0 Å². The van der Waals surface area contributed by atoms with E-state index in [2.05, 4.69) is 22.3 Å². The van der Waals surface area contributed by atoms with E-state index in [0.717, 1.165) is 29.1 Å². The third-order valence-electron chi connectivity index (χ3n) is 5.13. The smallest absolute Gasteiger partial charge is 0.338 e. The van der Waals surface area contributed by atoms with Crippen LogP contribution < -0.4 is 5.69 Å². The maximum Gasteiger partial charge on any atom is 0.343 e. The van der Waals surface area contributed by atoms with Crippen LogP contribution in [0.15, 0.2) is 46.6 Å². The lowest BCUT2D eigenvalue weighted by Crippen LogP contribution is -2.38. The number of aryl methyl sites for hydroxylation is 1. The van der Waals surface area contributed by atoms with Crippen molar-refractivity contribution in [3.63, 3.8) is 0 Å². The van der Waals surface area contributed by atoms with Gasteiger partial charge in [0.05, 0.1) is 11.4 Å². The fourth-order valence-corrected chi connectivity index (χ4v) is 4.26. The fraction of sp³-hybridized carbons (Fsp3) is 0.350. The molecule has 1 N–H and O–H groups in total. The first-order valence-corrected chi connectivity index (χ1v) is 10.0. The van der Waals surface area contributed by atoms with Crippen LogP contribution in [0.2, 0.25) is 0 Å². The summed E-state index contributed by atoms with van der Waals surface area (Å²) in [7, 11) is 0. The Bertz CT molecular complexity index is 964. The second-order valence-corrected chi connectivity index (χ2v) is 7.95. The van der Waals surface area contributed by atoms with Gasteiger partial charge in [0.25, 0.3) is 5.91 Å². The van der Waals surface area contributed by atoms with Crippen LogP contribution in [0.25, 0.3) is 0 Å². The molecule has 7 heteroatoms. The van der Waals surface area contributed by atoms with Crippen molar-refractivity contribution in [1.82, 2.24) is 19.7 Å². The van der Waals surface area contributed by atoms with E-state index in [4.69, 9.17) is 0 Å². The van der Waals surface area contributed by atoms with E-state index in [-0.39, 0.29) is 17.5 Å². The predicted octanol–water partition coefficient (Wildman–Crippen LogP) is 3.01. The predicted molar refractivity (Wildman–Crippen MR) is 105 cm³/mol. The highest BCUT2D eigenvalue weighted by atomic mass is 32.1. The van der Waals surface area contributed by atoms with Crippen molar-refractivity contribution in [2.24, 2.45) is 0 Å². The number of H-pyrrole nitrogens is 1. The number of benzene rings is 1. The van der Waals surface area contributed by atoms with E-state index in [1.807, 2.05) is 41.5 Å². The number of hydrogen-bond acceptors (Lipinski definition) is 4. The maximum absolute atomic E-state index is 12.5. The van der Waals surface area contributed by atoms with Crippen molar-refractivity contribution < 1.29 is 4.79 Å². The number of piperidine rings is 1. The van der Waals surface area contributed by atoms with Gasteiger partial charge in [0.1, 0.15) is 5.82 Å². The highest BCUT2D eigenvalue weighted by molar-refractivity contribution is 7.12. The molecule has 27 heavy (non-hydrogen) atoms. The molecule has 1 aliphatic rings. The third-order valence-corrected chi connectivity index (χ3v) is 5.99. The van der Waals surface area contributed by atoms with Crippen LogP contribution in [0.3, 0.4) is 0 Å². The number of nitrogens with one attached hydrogen (secondary N) is 1. The zero-order valence-corrected chi connectivity index (χ0v) is 16.0. The van der Waals surface area contributed by atoms with Crippen LogP contribution >= 0.6 is 11.3 Å². The van der Waals surface area contributed by atoms with E-state index in [1.165, 1.54) is 16.9 Å².